The summed E-state index contributed by atoms with van der Waals surface area (Å²) in [5, 5.41) is 12.6. The first-order chi connectivity index (χ1) is 5.69. The van der Waals surface area contributed by atoms with Gasteiger partial charge in [0.2, 0.25) is 0 Å². The van der Waals surface area contributed by atoms with E-state index in [1.807, 2.05) is 0 Å². The van der Waals surface area contributed by atoms with Crippen molar-refractivity contribution in [3.63, 3.8) is 0 Å². The first kappa shape index (κ1) is 10.3. The van der Waals surface area contributed by atoms with Gasteiger partial charge in [-0.2, -0.15) is 0 Å². The van der Waals surface area contributed by atoms with Crippen LogP contribution in [0.5, 0.6) is 0 Å². The molecular weight excluding hydrogens is 174 g/mol. The Morgan fingerprint density at radius 3 is 2.83 bits per heavy atom. The molecule has 0 aromatic carbocycles. The van der Waals surface area contributed by atoms with Crippen molar-refractivity contribution < 1.29 is 5.11 Å². The lowest BCUT2D eigenvalue weighted by atomic mass is 9.87. The Morgan fingerprint density at radius 2 is 2.33 bits per heavy atom. The van der Waals surface area contributed by atoms with Gasteiger partial charge in [0.25, 0.3) is 0 Å². The Bertz CT molecular complexity index is 142. The number of rotatable bonds is 3. The van der Waals surface area contributed by atoms with E-state index < -0.39 is 0 Å². The molecule has 2 nitrogen and oxygen atoms in total. The summed E-state index contributed by atoms with van der Waals surface area (Å²) in [4.78, 5) is 0. The Labute approximate surface area is 79.3 Å². The Hall–Kier alpha value is 0.210. The minimum Gasteiger partial charge on any atom is -0.379 e. The molecule has 72 valence electrons. The summed E-state index contributed by atoms with van der Waals surface area (Å²) in [5.41, 5.74) is 0. The molecule has 0 aromatic heterocycles. The largest absolute Gasteiger partial charge is 0.379 e. The molecule has 0 spiro atoms. The lowest BCUT2D eigenvalue weighted by Crippen LogP contribution is -2.32. The van der Waals surface area contributed by atoms with Crippen LogP contribution in [0.25, 0.3) is 0 Å². The highest BCUT2D eigenvalue weighted by molar-refractivity contribution is 6.18. The quantitative estimate of drug-likeness (QED) is 0.664. The number of aliphatic hydroxyl groups excluding tert-OH is 1. The monoisotopic (exact) mass is 191 g/mol. The summed E-state index contributed by atoms with van der Waals surface area (Å²) in [6, 6.07) is 0.453. The predicted octanol–water partition coefficient (Wildman–Crippen LogP) is 1.57. The van der Waals surface area contributed by atoms with Gasteiger partial charge in [-0.25, -0.2) is 0 Å². The molecule has 1 saturated heterocycles. The van der Waals surface area contributed by atoms with Crippen LogP contribution in [0, 0.1) is 11.8 Å². The molecule has 1 aliphatic rings. The third kappa shape index (κ3) is 2.12. The number of hydrogen-bond acceptors (Lipinski definition) is 2. The van der Waals surface area contributed by atoms with E-state index in [1.165, 1.54) is 0 Å². The van der Waals surface area contributed by atoms with Crippen LogP contribution < -0.4 is 5.32 Å². The van der Waals surface area contributed by atoms with E-state index in [0.717, 1.165) is 12.8 Å². The second-order valence-corrected chi connectivity index (χ2v) is 4.04. The molecule has 1 aliphatic heterocycles. The second kappa shape index (κ2) is 4.45. The maximum atomic E-state index is 9.39. The summed E-state index contributed by atoms with van der Waals surface area (Å²) >= 11 is 5.79. The van der Waals surface area contributed by atoms with Crippen LogP contribution in [0.3, 0.4) is 0 Å². The maximum Gasteiger partial charge on any atom is 0.105 e. The Morgan fingerprint density at radius 1 is 1.67 bits per heavy atom. The zero-order chi connectivity index (χ0) is 9.14. The summed E-state index contributed by atoms with van der Waals surface area (Å²) in [6.45, 7) is 4.30. The maximum absolute atomic E-state index is 9.39. The van der Waals surface area contributed by atoms with Crippen LogP contribution >= 0.6 is 11.6 Å². The zero-order valence-electron chi connectivity index (χ0n) is 7.76. The molecule has 0 amide bonds. The van der Waals surface area contributed by atoms with Gasteiger partial charge in [-0.1, -0.05) is 13.8 Å². The predicted molar refractivity (Wildman–Crippen MR) is 51.2 cm³/mol. The highest BCUT2D eigenvalue weighted by atomic mass is 35.5. The van der Waals surface area contributed by atoms with Gasteiger partial charge in [0, 0.05) is 11.9 Å². The van der Waals surface area contributed by atoms with Crippen molar-refractivity contribution >= 4 is 11.6 Å². The van der Waals surface area contributed by atoms with E-state index >= 15 is 0 Å². The lowest BCUT2D eigenvalue weighted by Gasteiger charge is -2.22. The first-order valence-corrected chi connectivity index (χ1v) is 5.22. The van der Waals surface area contributed by atoms with Crippen LogP contribution in [-0.4, -0.2) is 23.3 Å². The van der Waals surface area contributed by atoms with Crippen LogP contribution in [0.1, 0.15) is 26.7 Å². The number of aliphatic hydroxyl groups is 1. The molecule has 0 saturated carbocycles. The molecule has 0 bridgehead atoms. The lowest BCUT2D eigenvalue weighted by molar-refractivity contribution is 0.151. The van der Waals surface area contributed by atoms with Crippen molar-refractivity contribution in [3.05, 3.63) is 0 Å². The van der Waals surface area contributed by atoms with E-state index in [4.69, 9.17) is 11.6 Å². The standard InChI is InChI=1S/C9H18ClNO/c1-3-8-7(6(2)5-10)4-9(12)11-8/h6-9,11-12H,3-5H2,1-2H3. The molecule has 4 unspecified atom stereocenters. The first-order valence-electron chi connectivity index (χ1n) is 4.69. The van der Waals surface area contributed by atoms with Gasteiger partial charge in [0.1, 0.15) is 6.23 Å². The van der Waals surface area contributed by atoms with Crippen molar-refractivity contribution in [2.24, 2.45) is 11.8 Å². The fourth-order valence-corrected chi connectivity index (χ4v) is 2.25. The molecule has 12 heavy (non-hydrogen) atoms. The van der Waals surface area contributed by atoms with Gasteiger partial charge >= 0.3 is 0 Å². The average molecular weight is 192 g/mol. The summed E-state index contributed by atoms with van der Waals surface area (Å²) in [6.07, 6.45) is 1.61. The summed E-state index contributed by atoms with van der Waals surface area (Å²) < 4.78 is 0. The molecule has 3 heteroatoms. The molecule has 0 radical (unpaired) electrons. The normalized spacial score (nSPS) is 38.5. The molecule has 0 aliphatic carbocycles. The highest BCUT2D eigenvalue weighted by Gasteiger charge is 2.34. The minimum atomic E-state index is -0.314. The van der Waals surface area contributed by atoms with E-state index in [0.29, 0.717) is 23.8 Å². The minimum absolute atomic E-state index is 0.314. The van der Waals surface area contributed by atoms with Crippen molar-refractivity contribution in [3.8, 4) is 0 Å². The molecule has 4 atom stereocenters. The van der Waals surface area contributed by atoms with Crippen molar-refractivity contribution in [1.82, 2.24) is 5.32 Å². The SMILES string of the molecule is CCC1NC(O)CC1C(C)CCl. The van der Waals surface area contributed by atoms with Gasteiger partial charge in [-0.3, -0.25) is 5.32 Å². The molecular formula is C9H18ClNO. The van der Waals surface area contributed by atoms with Gasteiger partial charge in [0.15, 0.2) is 0 Å². The molecule has 1 heterocycles. The zero-order valence-corrected chi connectivity index (χ0v) is 8.51. The highest BCUT2D eigenvalue weighted by Crippen LogP contribution is 2.29. The van der Waals surface area contributed by atoms with E-state index in [2.05, 4.69) is 19.2 Å². The van der Waals surface area contributed by atoms with E-state index in [9.17, 15) is 5.11 Å². The number of alkyl halides is 1. The molecule has 0 aromatic rings. The van der Waals surface area contributed by atoms with Crippen molar-refractivity contribution in [2.75, 3.05) is 5.88 Å². The molecule has 1 fully saturated rings. The summed E-state index contributed by atoms with van der Waals surface area (Å²) in [7, 11) is 0. The number of halogens is 1. The fraction of sp³-hybridized carbons (Fsp3) is 1.00. The second-order valence-electron chi connectivity index (χ2n) is 3.73. The van der Waals surface area contributed by atoms with Gasteiger partial charge in [-0.15, -0.1) is 11.6 Å². The van der Waals surface area contributed by atoms with Crippen molar-refractivity contribution in [1.29, 1.82) is 0 Å². The third-order valence-corrected chi connectivity index (χ3v) is 3.32. The average Bonchev–Trinajstić information content (AvgIpc) is 2.45. The van der Waals surface area contributed by atoms with Gasteiger partial charge < -0.3 is 5.11 Å². The van der Waals surface area contributed by atoms with Gasteiger partial charge in [0.05, 0.1) is 0 Å². The van der Waals surface area contributed by atoms with Crippen LogP contribution in [0.4, 0.5) is 0 Å². The number of hydrogen-bond donors (Lipinski definition) is 2. The smallest absolute Gasteiger partial charge is 0.105 e. The summed E-state index contributed by atoms with van der Waals surface area (Å²) in [5.74, 6) is 1.74. The topological polar surface area (TPSA) is 32.3 Å². The molecule has 1 rings (SSSR count). The van der Waals surface area contributed by atoms with Crippen LogP contribution in [0.15, 0.2) is 0 Å². The van der Waals surface area contributed by atoms with Gasteiger partial charge in [-0.05, 0) is 24.7 Å². The fourth-order valence-electron chi connectivity index (χ4n) is 2.02. The third-order valence-electron chi connectivity index (χ3n) is 2.83. The Kier molecular flexibility index (Phi) is 3.81. The van der Waals surface area contributed by atoms with E-state index in [-0.39, 0.29) is 6.23 Å². The Balaban J connectivity index is 2.51. The van der Waals surface area contributed by atoms with E-state index in [1.54, 1.807) is 0 Å². The molecule has 2 N–H and O–H groups in total. The van der Waals surface area contributed by atoms with Crippen LogP contribution in [0.2, 0.25) is 0 Å². The van der Waals surface area contributed by atoms with Crippen molar-refractivity contribution in [2.45, 2.75) is 39.0 Å². The number of nitrogens with one attached hydrogen (secondary N) is 1. The van der Waals surface area contributed by atoms with Crippen LogP contribution in [-0.2, 0) is 0 Å².